The molecule has 0 amide bonds. The summed E-state index contributed by atoms with van der Waals surface area (Å²) in [6.45, 7) is 1.01. The molecular weight excluding hydrogens is 314 g/mol. The zero-order valence-electron chi connectivity index (χ0n) is 12.4. The molecule has 4 rings (SSSR count). The maximum Gasteiger partial charge on any atom is 0.374 e. The van der Waals surface area contributed by atoms with Gasteiger partial charge < -0.3 is 13.9 Å². The number of carbonyl (C=O) groups excluding carboxylic acids is 1. The molecule has 0 spiro atoms. The Labute approximate surface area is 136 Å². The van der Waals surface area contributed by atoms with E-state index in [4.69, 9.17) is 13.9 Å². The number of nitrogens with zero attached hydrogens (tertiary/aromatic N) is 1. The van der Waals surface area contributed by atoms with E-state index in [1.54, 1.807) is 12.1 Å². The average Bonchev–Trinajstić information content (AvgIpc) is 3.31. The Kier molecular flexibility index (Phi) is 3.85. The van der Waals surface area contributed by atoms with Crippen LogP contribution in [0.3, 0.4) is 0 Å². The van der Waals surface area contributed by atoms with Crippen molar-refractivity contribution in [2.75, 3.05) is 13.2 Å². The summed E-state index contributed by atoms with van der Waals surface area (Å²) in [7, 11) is 0. The van der Waals surface area contributed by atoms with E-state index in [0.29, 0.717) is 5.76 Å². The average molecular weight is 329 g/mol. The quantitative estimate of drug-likeness (QED) is 0.680. The maximum atomic E-state index is 12.0. The largest absolute Gasteiger partial charge is 0.457 e. The van der Waals surface area contributed by atoms with E-state index in [2.05, 4.69) is 4.98 Å². The zero-order chi connectivity index (χ0) is 15.6. The molecule has 0 saturated carbocycles. The highest BCUT2D eigenvalue weighted by Crippen LogP contribution is 2.31. The van der Waals surface area contributed by atoms with Crippen LogP contribution < -0.4 is 0 Å². The van der Waals surface area contributed by atoms with Gasteiger partial charge in [-0.2, -0.15) is 0 Å². The Bertz CT molecular complexity index is 799. The smallest absolute Gasteiger partial charge is 0.374 e. The van der Waals surface area contributed by atoms with E-state index in [9.17, 15) is 4.79 Å². The monoisotopic (exact) mass is 329 g/mol. The molecule has 1 atom stereocenters. The van der Waals surface area contributed by atoms with Crippen molar-refractivity contribution in [3.05, 3.63) is 42.2 Å². The van der Waals surface area contributed by atoms with Gasteiger partial charge in [0.2, 0.25) is 5.76 Å². The number of benzene rings is 1. The SMILES string of the molecule is O=C(OC[C@H]1CCCO1)c1ccc(-c2nc3ccccc3s2)o1. The van der Waals surface area contributed by atoms with Crippen LogP contribution in [0.2, 0.25) is 0 Å². The van der Waals surface area contributed by atoms with Crippen LogP contribution in [0.15, 0.2) is 40.8 Å². The van der Waals surface area contributed by atoms with Crippen LogP contribution in [-0.2, 0) is 9.47 Å². The molecule has 0 bridgehead atoms. The summed E-state index contributed by atoms with van der Waals surface area (Å²) in [5.41, 5.74) is 0.923. The summed E-state index contributed by atoms with van der Waals surface area (Å²) >= 11 is 1.53. The predicted molar refractivity (Wildman–Crippen MR) is 86.6 cm³/mol. The fourth-order valence-electron chi connectivity index (χ4n) is 2.56. The Morgan fingerprint density at radius 2 is 2.22 bits per heavy atom. The number of hydrogen-bond acceptors (Lipinski definition) is 6. The van der Waals surface area contributed by atoms with Gasteiger partial charge in [0, 0.05) is 6.61 Å². The van der Waals surface area contributed by atoms with Crippen LogP contribution >= 0.6 is 11.3 Å². The molecule has 118 valence electrons. The second-order valence-electron chi connectivity index (χ2n) is 5.38. The van der Waals surface area contributed by atoms with E-state index in [-0.39, 0.29) is 18.5 Å². The summed E-state index contributed by atoms with van der Waals surface area (Å²) in [5.74, 6) is 0.306. The van der Waals surface area contributed by atoms with Gasteiger partial charge in [-0.25, -0.2) is 9.78 Å². The first kappa shape index (κ1) is 14.4. The van der Waals surface area contributed by atoms with Crippen LogP contribution in [0.4, 0.5) is 0 Å². The van der Waals surface area contributed by atoms with Gasteiger partial charge in [-0.3, -0.25) is 0 Å². The summed E-state index contributed by atoms with van der Waals surface area (Å²) in [6, 6.07) is 11.3. The highest BCUT2D eigenvalue weighted by molar-refractivity contribution is 7.21. The molecule has 1 aliphatic rings. The molecule has 0 N–H and O–H groups in total. The van der Waals surface area contributed by atoms with Gasteiger partial charge in [-0.15, -0.1) is 11.3 Å². The number of rotatable bonds is 4. The number of fused-ring (bicyclic) bond motifs is 1. The van der Waals surface area contributed by atoms with Gasteiger partial charge in [0.25, 0.3) is 0 Å². The molecule has 3 heterocycles. The lowest BCUT2D eigenvalue weighted by Gasteiger charge is -2.08. The van der Waals surface area contributed by atoms with Crippen LogP contribution in [0.5, 0.6) is 0 Å². The highest BCUT2D eigenvalue weighted by Gasteiger charge is 2.20. The Morgan fingerprint density at radius 3 is 3.04 bits per heavy atom. The third kappa shape index (κ3) is 3.00. The van der Waals surface area contributed by atoms with E-state index >= 15 is 0 Å². The Morgan fingerprint density at radius 1 is 1.30 bits per heavy atom. The molecule has 2 aromatic heterocycles. The second kappa shape index (κ2) is 6.14. The fourth-order valence-corrected chi connectivity index (χ4v) is 3.48. The summed E-state index contributed by atoms with van der Waals surface area (Å²) in [4.78, 5) is 16.5. The molecule has 1 fully saturated rings. The lowest BCUT2D eigenvalue weighted by Crippen LogP contribution is -2.17. The number of ether oxygens (including phenoxy) is 2. The van der Waals surface area contributed by atoms with Crippen molar-refractivity contribution in [3.8, 4) is 10.8 Å². The second-order valence-corrected chi connectivity index (χ2v) is 6.41. The Hall–Kier alpha value is -2.18. The maximum absolute atomic E-state index is 12.0. The third-order valence-corrected chi connectivity index (χ3v) is 4.79. The van der Waals surface area contributed by atoms with Gasteiger partial charge in [-0.05, 0) is 37.1 Å². The van der Waals surface area contributed by atoms with Crippen LogP contribution in [0.1, 0.15) is 23.4 Å². The first-order valence-electron chi connectivity index (χ1n) is 7.54. The zero-order valence-corrected chi connectivity index (χ0v) is 13.2. The van der Waals surface area contributed by atoms with Crippen molar-refractivity contribution in [3.63, 3.8) is 0 Å². The predicted octanol–water partition coefficient (Wildman–Crippen LogP) is 3.89. The third-order valence-electron chi connectivity index (χ3n) is 3.74. The van der Waals surface area contributed by atoms with E-state index in [0.717, 1.165) is 34.7 Å². The lowest BCUT2D eigenvalue weighted by atomic mass is 10.2. The van der Waals surface area contributed by atoms with Gasteiger partial charge in [0.1, 0.15) is 6.61 Å². The van der Waals surface area contributed by atoms with E-state index < -0.39 is 5.97 Å². The standard InChI is InChI=1S/C17H15NO4S/c19-17(21-10-11-4-3-9-20-11)14-8-7-13(22-14)16-18-12-5-1-2-6-15(12)23-16/h1-2,5-8,11H,3-4,9-10H2/t11-/m1/s1. The van der Waals surface area contributed by atoms with Crippen molar-refractivity contribution in [1.29, 1.82) is 0 Å². The van der Waals surface area contributed by atoms with Crippen molar-refractivity contribution in [2.45, 2.75) is 18.9 Å². The van der Waals surface area contributed by atoms with Crippen molar-refractivity contribution in [2.24, 2.45) is 0 Å². The van der Waals surface area contributed by atoms with Crippen LogP contribution in [0, 0.1) is 0 Å². The minimum absolute atomic E-state index is 0.0117. The molecule has 0 unspecified atom stereocenters. The van der Waals surface area contributed by atoms with Gasteiger partial charge in [-0.1, -0.05) is 12.1 Å². The highest BCUT2D eigenvalue weighted by atomic mass is 32.1. The number of carbonyl (C=O) groups is 1. The Balaban J connectivity index is 1.48. The van der Waals surface area contributed by atoms with E-state index in [1.165, 1.54) is 11.3 Å². The topological polar surface area (TPSA) is 61.6 Å². The summed E-state index contributed by atoms with van der Waals surface area (Å²) in [5, 5.41) is 0.754. The van der Waals surface area contributed by atoms with Crippen molar-refractivity contribution < 1.29 is 18.7 Å². The van der Waals surface area contributed by atoms with Crippen LogP contribution in [-0.4, -0.2) is 30.3 Å². The first-order chi connectivity index (χ1) is 11.3. The number of thiazole rings is 1. The summed E-state index contributed by atoms with van der Waals surface area (Å²) < 4.78 is 17.4. The van der Waals surface area contributed by atoms with Gasteiger partial charge in [0.15, 0.2) is 10.8 Å². The van der Waals surface area contributed by atoms with Crippen molar-refractivity contribution in [1.82, 2.24) is 4.98 Å². The van der Waals surface area contributed by atoms with E-state index in [1.807, 2.05) is 24.3 Å². The fraction of sp³-hybridized carbons (Fsp3) is 0.294. The minimum Gasteiger partial charge on any atom is -0.457 e. The molecule has 1 aliphatic heterocycles. The molecule has 0 aliphatic carbocycles. The number of furan rings is 1. The minimum atomic E-state index is -0.465. The van der Waals surface area contributed by atoms with Crippen molar-refractivity contribution >= 4 is 27.5 Å². The molecule has 0 radical (unpaired) electrons. The van der Waals surface area contributed by atoms with Gasteiger partial charge >= 0.3 is 5.97 Å². The number of aromatic nitrogens is 1. The normalized spacial score (nSPS) is 17.7. The molecule has 6 heteroatoms. The molecule has 1 aromatic carbocycles. The molecule has 3 aromatic rings. The molecule has 23 heavy (non-hydrogen) atoms. The summed E-state index contributed by atoms with van der Waals surface area (Å²) in [6.07, 6.45) is 1.96. The first-order valence-corrected chi connectivity index (χ1v) is 8.36. The lowest BCUT2D eigenvalue weighted by molar-refractivity contribution is 0.0137. The number of hydrogen-bond donors (Lipinski definition) is 0. The molecule has 5 nitrogen and oxygen atoms in total. The molecule has 1 saturated heterocycles. The van der Waals surface area contributed by atoms with Gasteiger partial charge in [0.05, 0.1) is 16.3 Å². The number of esters is 1. The number of para-hydroxylation sites is 1. The van der Waals surface area contributed by atoms with Crippen LogP contribution in [0.25, 0.3) is 21.0 Å². The molecular formula is C17H15NO4S.